The number of hydrogen-bond donors (Lipinski definition) is 4. The van der Waals surface area contributed by atoms with E-state index in [9.17, 15) is 18.0 Å². The first-order valence-electron chi connectivity index (χ1n) is 8.85. The summed E-state index contributed by atoms with van der Waals surface area (Å²) in [7, 11) is 0. The van der Waals surface area contributed by atoms with Crippen LogP contribution in [0.1, 0.15) is 46.5 Å². The molecule has 0 heterocycles. The van der Waals surface area contributed by atoms with E-state index >= 15 is 0 Å². The van der Waals surface area contributed by atoms with Gasteiger partial charge in [-0.25, -0.2) is 0 Å². The fourth-order valence-corrected chi connectivity index (χ4v) is 2.76. The summed E-state index contributed by atoms with van der Waals surface area (Å²) in [5.41, 5.74) is 4.13. The predicted molar refractivity (Wildman–Crippen MR) is 105 cm³/mol. The maximum Gasteiger partial charge on any atom is 0.416 e. The van der Waals surface area contributed by atoms with Crippen molar-refractivity contribution in [2.75, 3.05) is 10.7 Å². The molecule has 8 heteroatoms. The zero-order valence-corrected chi connectivity index (χ0v) is 16.3. The molecule has 28 heavy (non-hydrogen) atoms. The molecule has 0 aromatic heterocycles. The SMILES string of the molecule is Cc1ccc(C(=O)Nc2cc(CNC(C)C)c(C)c(C(F)(F)F)c2)cc1NN. The van der Waals surface area contributed by atoms with Gasteiger partial charge in [0.1, 0.15) is 0 Å². The molecule has 5 N–H and O–H groups in total. The highest BCUT2D eigenvalue weighted by Crippen LogP contribution is 2.35. The average molecular weight is 394 g/mol. The largest absolute Gasteiger partial charge is 0.416 e. The monoisotopic (exact) mass is 394 g/mol. The Labute approximate surface area is 162 Å². The summed E-state index contributed by atoms with van der Waals surface area (Å²) >= 11 is 0. The minimum absolute atomic E-state index is 0.0892. The number of carbonyl (C=O) groups is 1. The Kier molecular flexibility index (Phi) is 6.69. The number of alkyl halides is 3. The number of anilines is 2. The lowest BCUT2D eigenvalue weighted by Crippen LogP contribution is -2.23. The number of nitrogens with one attached hydrogen (secondary N) is 3. The maximum atomic E-state index is 13.5. The maximum absolute atomic E-state index is 13.5. The van der Waals surface area contributed by atoms with Gasteiger partial charge in [-0.05, 0) is 54.8 Å². The summed E-state index contributed by atoms with van der Waals surface area (Å²) in [6.45, 7) is 7.34. The highest BCUT2D eigenvalue weighted by molar-refractivity contribution is 6.05. The van der Waals surface area contributed by atoms with Crippen molar-refractivity contribution in [1.29, 1.82) is 0 Å². The zero-order chi connectivity index (χ0) is 21.1. The zero-order valence-electron chi connectivity index (χ0n) is 16.3. The van der Waals surface area contributed by atoms with Crippen LogP contribution in [0.5, 0.6) is 0 Å². The van der Waals surface area contributed by atoms with Crippen LogP contribution in [0.2, 0.25) is 0 Å². The first-order valence-corrected chi connectivity index (χ1v) is 8.85. The van der Waals surface area contributed by atoms with E-state index in [-0.39, 0.29) is 29.4 Å². The Balaban J connectivity index is 2.38. The second kappa shape index (κ2) is 8.62. The molecule has 2 aromatic rings. The van der Waals surface area contributed by atoms with Gasteiger partial charge < -0.3 is 16.1 Å². The van der Waals surface area contributed by atoms with Crippen LogP contribution in [-0.2, 0) is 12.7 Å². The van der Waals surface area contributed by atoms with Gasteiger partial charge in [0.2, 0.25) is 0 Å². The molecule has 0 aliphatic heterocycles. The highest BCUT2D eigenvalue weighted by Gasteiger charge is 2.33. The van der Waals surface area contributed by atoms with Crippen LogP contribution in [0.15, 0.2) is 30.3 Å². The molecule has 2 aromatic carbocycles. The van der Waals surface area contributed by atoms with E-state index in [1.807, 2.05) is 20.8 Å². The molecule has 0 atom stereocenters. The Morgan fingerprint density at radius 1 is 1.14 bits per heavy atom. The van der Waals surface area contributed by atoms with Crippen molar-refractivity contribution in [2.24, 2.45) is 5.84 Å². The number of rotatable bonds is 6. The Bertz CT molecular complexity index is 863. The molecule has 0 aliphatic carbocycles. The molecule has 0 saturated heterocycles. The molecule has 0 fully saturated rings. The van der Waals surface area contributed by atoms with Crippen LogP contribution in [-0.4, -0.2) is 11.9 Å². The smallest absolute Gasteiger partial charge is 0.324 e. The number of halogens is 3. The van der Waals surface area contributed by atoms with E-state index in [0.717, 1.165) is 11.6 Å². The highest BCUT2D eigenvalue weighted by atomic mass is 19.4. The number of nitrogen functional groups attached to an aromatic ring is 1. The van der Waals surface area contributed by atoms with Crippen molar-refractivity contribution < 1.29 is 18.0 Å². The van der Waals surface area contributed by atoms with Gasteiger partial charge in [-0.2, -0.15) is 13.2 Å². The van der Waals surface area contributed by atoms with E-state index in [0.29, 0.717) is 11.3 Å². The lowest BCUT2D eigenvalue weighted by molar-refractivity contribution is -0.138. The van der Waals surface area contributed by atoms with Gasteiger partial charge in [0.25, 0.3) is 5.91 Å². The number of benzene rings is 2. The van der Waals surface area contributed by atoms with Gasteiger partial charge in [0.15, 0.2) is 0 Å². The van der Waals surface area contributed by atoms with Crippen molar-refractivity contribution in [3.05, 3.63) is 58.1 Å². The van der Waals surface area contributed by atoms with E-state index < -0.39 is 17.6 Å². The number of carbonyl (C=O) groups excluding carboxylic acids is 1. The topological polar surface area (TPSA) is 79.2 Å². The van der Waals surface area contributed by atoms with Crippen molar-refractivity contribution >= 4 is 17.3 Å². The lowest BCUT2D eigenvalue weighted by atomic mass is 10.00. The summed E-state index contributed by atoms with van der Waals surface area (Å²) in [5, 5.41) is 5.67. The Morgan fingerprint density at radius 3 is 2.39 bits per heavy atom. The summed E-state index contributed by atoms with van der Waals surface area (Å²) in [6.07, 6.45) is -4.52. The molecule has 0 bridgehead atoms. The number of hydrazine groups is 1. The van der Waals surface area contributed by atoms with Crippen molar-refractivity contribution in [1.82, 2.24) is 5.32 Å². The van der Waals surface area contributed by atoms with Crippen LogP contribution in [0.3, 0.4) is 0 Å². The van der Waals surface area contributed by atoms with E-state index in [4.69, 9.17) is 5.84 Å². The molecular weight excluding hydrogens is 369 g/mol. The third-order valence-corrected chi connectivity index (χ3v) is 4.43. The van der Waals surface area contributed by atoms with Gasteiger partial charge in [0, 0.05) is 23.8 Å². The first-order chi connectivity index (χ1) is 13.0. The number of nitrogens with two attached hydrogens (primary N) is 1. The average Bonchev–Trinajstić information content (AvgIpc) is 2.61. The summed E-state index contributed by atoms with van der Waals surface area (Å²) in [5.74, 6) is 4.90. The second-order valence-corrected chi connectivity index (χ2v) is 6.97. The third kappa shape index (κ3) is 5.24. The second-order valence-electron chi connectivity index (χ2n) is 6.97. The molecular formula is C20H25F3N4O. The van der Waals surface area contributed by atoms with Gasteiger partial charge in [-0.15, -0.1) is 0 Å². The van der Waals surface area contributed by atoms with Gasteiger partial charge in [-0.3, -0.25) is 10.6 Å². The first kappa shape index (κ1) is 21.7. The quantitative estimate of drug-likeness (QED) is 0.434. The number of amides is 1. The number of aryl methyl sites for hydroxylation is 1. The summed E-state index contributed by atoms with van der Waals surface area (Å²) < 4.78 is 40.4. The minimum Gasteiger partial charge on any atom is -0.324 e. The summed E-state index contributed by atoms with van der Waals surface area (Å²) in [4.78, 5) is 12.5. The van der Waals surface area contributed by atoms with Crippen molar-refractivity contribution in [3.63, 3.8) is 0 Å². The van der Waals surface area contributed by atoms with Crippen molar-refractivity contribution in [3.8, 4) is 0 Å². The van der Waals surface area contributed by atoms with E-state index in [2.05, 4.69) is 16.1 Å². The van der Waals surface area contributed by atoms with Crippen LogP contribution in [0, 0.1) is 13.8 Å². The van der Waals surface area contributed by atoms with E-state index in [1.54, 1.807) is 24.3 Å². The van der Waals surface area contributed by atoms with Gasteiger partial charge >= 0.3 is 6.18 Å². The Hall–Kier alpha value is -2.58. The third-order valence-electron chi connectivity index (χ3n) is 4.43. The fraction of sp³-hybridized carbons (Fsp3) is 0.350. The summed E-state index contributed by atoms with van der Waals surface area (Å²) in [6, 6.07) is 7.48. The molecule has 152 valence electrons. The fourth-order valence-electron chi connectivity index (χ4n) is 2.76. The van der Waals surface area contributed by atoms with E-state index in [1.165, 1.54) is 6.92 Å². The standard InChI is InChI=1S/C20H25F3N4O/c1-11(2)25-10-15-7-16(9-17(13(15)4)20(21,22)23)26-19(28)14-6-5-12(3)18(8-14)27-24/h5-9,11,25,27H,10,24H2,1-4H3,(H,26,28). The molecule has 0 saturated carbocycles. The predicted octanol–water partition coefficient (Wildman–Crippen LogP) is 4.36. The Morgan fingerprint density at radius 2 is 1.82 bits per heavy atom. The molecule has 5 nitrogen and oxygen atoms in total. The molecule has 0 unspecified atom stereocenters. The molecule has 0 aliphatic rings. The normalized spacial score (nSPS) is 11.6. The van der Waals surface area contributed by atoms with Gasteiger partial charge in [0.05, 0.1) is 11.3 Å². The van der Waals surface area contributed by atoms with Crippen LogP contribution >= 0.6 is 0 Å². The van der Waals surface area contributed by atoms with Gasteiger partial charge in [-0.1, -0.05) is 19.9 Å². The molecule has 0 spiro atoms. The van der Waals surface area contributed by atoms with Crippen LogP contribution < -0.4 is 21.9 Å². The van der Waals surface area contributed by atoms with Crippen LogP contribution in [0.25, 0.3) is 0 Å². The molecule has 2 rings (SSSR count). The van der Waals surface area contributed by atoms with Crippen molar-refractivity contribution in [2.45, 2.75) is 46.5 Å². The molecule has 0 radical (unpaired) electrons. The van der Waals surface area contributed by atoms with Crippen LogP contribution in [0.4, 0.5) is 24.5 Å². The lowest BCUT2D eigenvalue weighted by Gasteiger charge is -2.18. The molecule has 1 amide bonds. The number of hydrogen-bond acceptors (Lipinski definition) is 4. The minimum atomic E-state index is -4.52.